The van der Waals surface area contributed by atoms with Gasteiger partial charge in [0.15, 0.2) is 16.7 Å². The van der Waals surface area contributed by atoms with E-state index in [-0.39, 0.29) is 24.2 Å². The molecule has 2 heterocycles. The van der Waals surface area contributed by atoms with Crippen molar-refractivity contribution >= 4 is 28.9 Å². The summed E-state index contributed by atoms with van der Waals surface area (Å²) < 4.78 is 50.2. The monoisotopic (exact) mass is 510 g/mol. The molecule has 3 aromatic rings. The summed E-state index contributed by atoms with van der Waals surface area (Å²) in [7, 11) is 0. The van der Waals surface area contributed by atoms with E-state index in [9.17, 15) is 18.0 Å². The summed E-state index contributed by atoms with van der Waals surface area (Å²) in [6, 6.07) is 18.3. The zero-order valence-electron chi connectivity index (χ0n) is 19.2. The van der Waals surface area contributed by atoms with E-state index in [1.807, 2.05) is 37.3 Å². The summed E-state index contributed by atoms with van der Waals surface area (Å²) in [5.74, 6) is 1.19. The molecular formula is C27H21F3N2O3S. The third-order valence-electron chi connectivity index (χ3n) is 5.82. The fraction of sp³-hybridized carbons (Fsp3) is 0.185. The molecule has 2 aliphatic rings. The first kappa shape index (κ1) is 24.0. The Kier molecular flexibility index (Phi) is 6.49. The normalized spacial score (nSPS) is 16.1. The highest BCUT2D eigenvalue weighted by Crippen LogP contribution is 2.35. The smallest absolute Gasteiger partial charge is 0.416 e. The maximum atomic E-state index is 13.4. The minimum atomic E-state index is -4.42. The van der Waals surface area contributed by atoms with Crippen molar-refractivity contribution < 1.29 is 27.4 Å². The first-order valence-electron chi connectivity index (χ1n) is 11.1. The summed E-state index contributed by atoms with van der Waals surface area (Å²) >= 11 is 1.23. The van der Waals surface area contributed by atoms with Crippen LogP contribution in [0.2, 0.25) is 0 Å². The fourth-order valence-corrected chi connectivity index (χ4v) is 4.83. The largest absolute Gasteiger partial charge is 0.454 e. The lowest BCUT2D eigenvalue weighted by atomic mass is 10.1. The zero-order chi connectivity index (χ0) is 25.3. The average Bonchev–Trinajstić information content (AvgIpc) is 3.43. The number of fused-ring (bicyclic) bond motifs is 1. The van der Waals surface area contributed by atoms with Gasteiger partial charge in [-0.2, -0.15) is 13.2 Å². The number of rotatable bonds is 5. The molecule has 0 bridgehead atoms. The molecule has 0 atom stereocenters. The van der Waals surface area contributed by atoms with Crippen LogP contribution < -0.4 is 9.47 Å². The molecule has 1 amide bonds. The number of carbonyl (C=O) groups excluding carboxylic acids is 1. The van der Waals surface area contributed by atoms with Gasteiger partial charge in [-0.15, -0.1) is 0 Å². The lowest BCUT2D eigenvalue weighted by Gasteiger charge is -2.19. The van der Waals surface area contributed by atoms with Crippen LogP contribution in [0.5, 0.6) is 11.5 Å². The van der Waals surface area contributed by atoms with Gasteiger partial charge >= 0.3 is 6.18 Å². The van der Waals surface area contributed by atoms with Gasteiger partial charge in [0, 0.05) is 5.75 Å². The third kappa shape index (κ3) is 5.11. The van der Waals surface area contributed by atoms with Gasteiger partial charge in [0.2, 0.25) is 6.79 Å². The number of ether oxygens (including phenoxy) is 2. The van der Waals surface area contributed by atoms with E-state index in [1.165, 1.54) is 17.8 Å². The average molecular weight is 511 g/mol. The number of alkyl halides is 3. The quantitative estimate of drug-likeness (QED) is 0.372. The number of nitrogens with zero attached hydrogens (tertiary/aromatic N) is 2. The number of carbonyl (C=O) groups is 1. The van der Waals surface area contributed by atoms with Gasteiger partial charge in [0.1, 0.15) is 5.70 Å². The van der Waals surface area contributed by atoms with Crippen LogP contribution in [0.4, 0.5) is 13.2 Å². The van der Waals surface area contributed by atoms with Gasteiger partial charge in [0.05, 0.1) is 12.1 Å². The van der Waals surface area contributed by atoms with Crippen LogP contribution in [0.15, 0.2) is 77.4 Å². The molecule has 36 heavy (non-hydrogen) atoms. The number of amidine groups is 1. The van der Waals surface area contributed by atoms with Gasteiger partial charge in [-0.05, 0) is 53.5 Å². The zero-order valence-corrected chi connectivity index (χ0v) is 20.0. The molecule has 5 rings (SSSR count). The lowest BCUT2D eigenvalue weighted by Crippen LogP contribution is -2.30. The maximum Gasteiger partial charge on any atom is 0.416 e. The molecule has 0 N–H and O–H groups in total. The minimum absolute atomic E-state index is 0.146. The van der Waals surface area contributed by atoms with E-state index in [4.69, 9.17) is 9.47 Å². The molecule has 184 valence electrons. The highest BCUT2D eigenvalue weighted by atomic mass is 32.2. The van der Waals surface area contributed by atoms with E-state index in [0.29, 0.717) is 28.8 Å². The molecule has 0 saturated heterocycles. The molecule has 0 fully saturated rings. The third-order valence-corrected chi connectivity index (χ3v) is 6.87. The van der Waals surface area contributed by atoms with Crippen molar-refractivity contribution in [1.29, 1.82) is 0 Å². The Morgan fingerprint density at radius 3 is 2.64 bits per heavy atom. The Labute approximate surface area is 210 Å². The molecule has 3 aromatic carbocycles. The van der Waals surface area contributed by atoms with E-state index >= 15 is 0 Å². The Morgan fingerprint density at radius 2 is 1.83 bits per heavy atom. The fourth-order valence-electron chi connectivity index (χ4n) is 3.88. The predicted molar refractivity (Wildman–Crippen MR) is 132 cm³/mol. The summed E-state index contributed by atoms with van der Waals surface area (Å²) in [6.45, 7) is 2.41. The Morgan fingerprint density at radius 1 is 1.03 bits per heavy atom. The number of benzene rings is 3. The van der Waals surface area contributed by atoms with Crippen LogP contribution >= 0.6 is 11.8 Å². The molecule has 0 spiro atoms. The highest BCUT2D eigenvalue weighted by Gasteiger charge is 2.32. The molecule has 0 unspecified atom stereocenters. The summed E-state index contributed by atoms with van der Waals surface area (Å²) in [6.07, 6.45) is -2.74. The topological polar surface area (TPSA) is 51.1 Å². The second-order valence-corrected chi connectivity index (χ2v) is 9.28. The van der Waals surface area contributed by atoms with E-state index in [1.54, 1.807) is 29.2 Å². The first-order valence-corrected chi connectivity index (χ1v) is 12.1. The molecule has 0 saturated carbocycles. The van der Waals surface area contributed by atoms with Gasteiger partial charge in [-0.3, -0.25) is 9.69 Å². The molecule has 0 aliphatic carbocycles. The molecule has 0 aromatic heterocycles. The van der Waals surface area contributed by atoms with Crippen LogP contribution in [0.1, 0.15) is 27.8 Å². The van der Waals surface area contributed by atoms with Crippen LogP contribution in [0.25, 0.3) is 6.08 Å². The van der Waals surface area contributed by atoms with Crippen molar-refractivity contribution in [3.8, 4) is 11.5 Å². The number of halogens is 3. The molecule has 2 aliphatic heterocycles. The molecule has 5 nitrogen and oxygen atoms in total. The Hall–Kier alpha value is -3.72. The lowest BCUT2D eigenvalue weighted by molar-refractivity contribution is -0.137. The van der Waals surface area contributed by atoms with Crippen molar-refractivity contribution in [1.82, 2.24) is 4.90 Å². The minimum Gasteiger partial charge on any atom is -0.454 e. The SMILES string of the molecule is Cc1ccccc1CN1C(=O)/C(=C\c2ccc3c(c2)OCO3)N=C1SCc1cccc(C(F)(F)F)c1. The van der Waals surface area contributed by atoms with Crippen molar-refractivity contribution in [3.63, 3.8) is 0 Å². The van der Waals surface area contributed by atoms with Crippen LogP contribution in [0.3, 0.4) is 0 Å². The first-order chi connectivity index (χ1) is 17.3. The van der Waals surface area contributed by atoms with Crippen LogP contribution in [0, 0.1) is 6.92 Å². The number of hydrogen-bond acceptors (Lipinski definition) is 5. The van der Waals surface area contributed by atoms with E-state index in [0.717, 1.165) is 28.8 Å². The number of aliphatic imine (C=N–C) groups is 1. The summed E-state index contributed by atoms with van der Waals surface area (Å²) in [5.41, 5.74) is 2.75. The number of amides is 1. The number of hydrogen-bond donors (Lipinski definition) is 0. The number of aryl methyl sites for hydroxylation is 1. The Balaban J connectivity index is 1.43. The van der Waals surface area contributed by atoms with Crippen molar-refractivity contribution in [2.24, 2.45) is 4.99 Å². The second-order valence-electron chi connectivity index (χ2n) is 8.34. The van der Waals surface area contributed by atoms with Crippen LogP contribution in [-0.2, 0) is 23.3 Å². The number of thioether (sulfide) groups is 1. The van der Waals surface area contributed by atoms with Gasteiger partial charge in [-0.25, -0.2) is 4.99 Å². The van der Waals surface area contributed by atoms with Crippen molar-refractivity contribution in [3.05, 3.63) is 100 Å². The standard InChI is InChI=1S/C27H21F3N2O3S/c1-17-5-2-3-7-20(17)14-32-25(33)22(12-18-9-10-23-24(13-18)35-16-34-23)31-26(32)36-15-19-6-4-8-21(11-19)27(28,29)30/h2-13H,14-16H2,1H3/b22-12+. The molecular weight excluding hydrogens is 489 g/mol. The van der Waals surface area contributed by atoms with E-state index in [2.05, 4.69) is 4.99 Å². The summed E-state index contributed by atoms with van der Waals surface area (Å²) in [5, 5.41) is 0.438. The Bertz CT molecular complexity index is 1380. The summed E-state index contributed by atoms with van der Waals surface area (Å²) in [4.78, 5) is 19.5. The predicted octanol–water partition coefficient (Wildman–Crippen LogP) is 6.42. The maximum absolute atomic E-state index is 13.4. The van der Waals surface area contributed by atoms with Crippen molar-refractivity contribution in [2.45, 2.75) is 25.4 Å². The van der Waals surface area contributed by atoms with Gasteiger partial charge in [0.25, 0.3) is 5.91 Å². The van der Waals surface area contributed by atoms with Crippen molar-refractivity contribution in [2.75, 3.05) is 6.79 Å². The highest BCUT2D eigenvalue weighted by molar-refractivity contribution is 8.13. The van der Waals surface area contributed by atoms with Gasteiger partial charge in [-0.1, -0.05) is 60.3 Å². The second kappa shape index (κ2) is 9.73. The van der Waals surface area contributed by atoms with E-state index < -0.39 is 11.7 Å². The molecule has 9 heteroatoms. The molecule has 0 radical (unpaired) electrons. The van der Waals surface area contributed by atoms with Crippen LogP contribution in [-0.4, -0.2) is 22.8 Å². The van der Waals surface area contributed by atoms with Gasteiger partial charge < -0.3 is 9.47 Å².